The second-order valence-corrected chi connectivity index (χ2v) is 7.97. The summed E-state index contributed by atoms with van der Waals surface area (Å²) in [6, 6.07) is 10.4. The average Bonchev–Trinajstić information content (AvgIpc) is 3.15. The largest absolute Gasteiger partial charge is 0.505 e. The minimum Gasteiger partial charge on any atom is -0.505 e. The Balaban J connectivity index is 1.76. The van der Waals surface area contributed by atoms with Gasteiger partial charge in [-0.25, -0.2) is 9.18 Å². The van der Waals surface area contributed by atoms with E-state index in [9.17, 15) is 29.3 Å². The van der Waals surface area contributed by atoms with E-state index in [2.05, 4.69) is 4.98 Å². The van der Waals surface area contributed by atoms with Crippen molar-refractivity contribution in [1.29, 1.82) is 0 Å². The van der Waals surface area contributed by atoms with E-state index in [1.165, 1.54) is 39.6 Å². The molecule has 0 fully saturated rings. The van der Waals surface area contributed by atoms with Gasteiger partial charge in [0.15, 0.2) is 23.1 Å². The number of carbonyl (C=O) groups excluding carboxylic acids is 1. The van der Waals surface area contributed by atoms with E-state index in [0.29, 0.717) is 23.9 Å². The van der Waals surface area contributed by atoms with Crippen LogP contribution >= 0.6 is 0 Å². The highest BCUT2D eigenvalue weighted by atomic mass is 19.1. The summed E-state index contributed by atoms with van der Waals surface area (Å²) in [7, 11) is 0. The third-order valence-corrected chi connectivity index (χ3v) is 5.63. The SMILES string of the molecule is CCOC(=O)c1c(O)c2ncc(Cc3ccc(F)cc3)cc2n(CCCn2c(O)ccc2O)c1=O. The maximum atomic E-state index is 13.3. The van der Waals surface area contributed by atoms with Crippen LogP contribution in [0.3, 0.4) is 0 Å². The molecular formula is C25H24FN3O6. The maximum Gasteiger partial charge on any atom is 0.347 e. The van der Waals surface area contributed by atoms with Gasteiger partial charge in [-0.1, -0.05) is 12.1 Å². The minimum absolute atomic E-state index is 0.0198. The number of ether oxygens (including phenoxy) is 1. The lowest BCUT2D eigenvalue weighted by Crippen LogP contribution is -2.28. The monoisotopic (exact) mass is 481 g/mol. The first-order valence-electron chi connectivity index (χ1n) is 11.0. The van der Waals surface area contributed by atoms with Crippen LogP contribution in [-0.4, -0.2) is 42.0 Å². The second kappa shape index (κ2) is 9.88. The molecule has 10 heteroatoms. The van der Waals surface area contributed by atoms with E-state index >= 15 is 0 Å². The number of hydrogen-bond acceptors (Lipinski definition) is 7. The van der Waals surface area contributed by atoms with Gasteiger partial charge in [-0.05, 0) is 49.1 Å². The molecule has 4 rings (SSSR count). The van der Waals surface area contributed by atoms with Crippen LogP contribution in [0.2, 0.25) is 0 Å². The van der Waals surface area contributed by atoms with Gasteiger partial charge in [0.05, 0.1) is 12.1 Å². The molecule has 0 saturated carbocycles. The van der Waals surface area contributed by atoms with Gasteiger partial charge in [0.25, 0.3) is 5.56 Å². The van der Waals surface area contributed by atoms with Crippen LogP contribution in [0.1, 0.15) is 34.8 Å². The van der Waals surface area contributed by atoms with Crippen LogP contribution in [0.25, 0.3) is 11.0 Å². The fourth-order valence-electron chi connectivity index (χ4n) is 3.95. The molecule has 0 spiro atoms. The van der Waals surface area contributed by atoms with Crippen LogP contribution in [0.15, 0.2) is 53.5 Å². The zero-order valence-corrected chi connectivity index (χ0v) is 18.9. The lowest BCUT2D eigenvalue weighted by atomic mass is 10.1. The molecule has 0 saturated heterocycles. The summed E-state index contributed by atoms with van der Waals surface area (Å²) in [4.78, 5) is 30.0. The lowest BCUT2D eigenvalue weighted by Gasteiger charge is -2.15. The zero-order valence-electron chi connectivity index (χ0n) is 18.9. The Labute approximate surface area is 199 Å². The van der Waals surface area contributed by atoms with Gasteiger partial charge in [0, 0.05) is 31.4 Å². The minimum atomic E-state index is -0.955. The number of aromatic nitrogens is 3. The van der Waals surface area contributed by atoms with Gasteiger partial charge in [-0.3, -0.25) is 14.3 Å². The predicted molar refractivity (Wildman–Crippen MR) is 125 cm³/mol. The number of aryl methyl sites for hydroxylation is 1. The molecule has 0 aliphatic heterocycles. The molecule has 9 nitrogen and oxygen atoms in total. The predicted octanol–water partition coefficient (Wildman–Crippen LogP) is 3.31. The van der Waals surface area contributed by atoms with Crippen LogP contribution in [0.4, 0.5) is 4.39 Å². The van der Waals surface area contributed by atoms with Crippen molar-refractivity contribution in [2.45, 2.75) is 32.9 Å². The van der Waals surface area contributed by atoms with Gasteiger partial charge in [-0.15, -0.1) is 0 Å². The van der Waals surface area contributed by atoms with Crippen molar-refractivity contribution in [3.05, 3.63) is 81.5 Å². The Hall–Kier alpha value is -4.34. The summed E-state index contributed by atoms with van der Waals surface area (Å²) in [6.45, 7) is 1.90. The topological polar surface area (TPSA) is 127 Å². The molecule has 3 aromatic heterocycles. The Morgan fingerprint density at radius 2 is 1.66 bits per heavy atom. The third-order valence-electron chi connectivity index (χ3n) is 5.63. The van der Waals surface area contributed by atoms with Crippen molar-refractivity contribution in [3.8, 4) is 17.5 Å². The number of halogens is 1. The molecule has 4 aromatic rings. The highest BCUT2D eigenvalue weighted by Gasteiger charge is 2.24. The maximum absolute atomic E-state index is 13.3. The van der Waals surface area contributed by atoms with E-state index in [1.54, 1.807) is 25.1 Å². The van der Waals surface area contributed by atoms with Crippen LogP contribution in [-0.2, 0) is 24.2 Å². The number of hydrogen-bond donors (Lipinski definition) is 3. The number of benzene rings is 1. The molecule has 182 valence electrons. The number of rotatable bonds is 8. The number of nitrogens with zero attached hydrogens (tertiary/aromatic N) is 3. The Morgan fingerprint density at radius 1 is 1.00 bits per heavy atom. The van der Waals surface area contributed by atoms with E-state index in [4.69, 9.17) is 4.74 Å². The molecule has 3 heterocycles. The second-order valence-electron chi connectivity index (χ2n) is 7.97. The van der Waals surface area contributed by atoms with Crippen molar-refractivity contribution in [3.63, 3.8) is 0 Å². The summed E-state index contributed by atoms with van der Waals surface area (Å²) >= 11 is 0. The molecule has 0 bridgehead atoms. The molecule has 3 N–H and O–H groups in total. The van der Waals surface area contributed by atoms with Gasteiger partial charge >= 0.3 is 5.97 Å². The number of esters is 1. The van der Waals surface area contributed by atoms with E-state index < -0.39 is 22.8 Å². The summed E-state index contributed by atoms with van der Waals surface area (Å²) in [5.41, 5.74) is 0.650. The van der Waals surface area contributed by atoms with E-state index in [0.717, 1.165) is 5.56 Å². The first-order valence-corrected chi connectivity index (χ1v) is 11.0. The molecule has 0 aliphatic rings. The summed E-state index contributed by atoms with van der Waals surface area (Å²) in [6.07, 6.45) is 2.23. The van der Waals surface area contributed by atoms with Gasteiger partial charge in [0.2, 0.25) is 0 Å². The molecule has 0 amide bonds. The van der Waals surface area contributed by atoms with E-state index in [1.807, 2.05) is 0 Å². The zero-order chi connectivity index (χ0) is 25.1. The summed E-state index contributed by atoms with van der Waals surface area (Å²) in [5, 5.41) is 30.5. The van der Waals surface area contributed by atoms with Gasteiger partial charge in [0.1, 0.15) is 11.3 Å². The molecule has 0 aliphatic carbocycles. The van der Waals surface area contributed by atoms with Crippen molar-refractivity contribution >= 4 is 17.0 Å². The quantitative estimate of drug-likeness (QED) is 0.330. The van der Waals surface area contributed by atoms with Crippen LogP contribution < -0.4 is 5.56 Å². The Kier molecular flexibility index (Phi) is 6.72. The van der Waals surface area contributed by atoms with Crippen molar-refractivity contribution in [2.24, 2.45) is 0 Å². The third kappa shape index (κ3) is 4.81. The van der Waals surface area contributed by atoms with Gasteiger partial charge in [-0.2, -0.15) is 0 Å². The first-order chi connectivity index (χ1) is 16.8. The summed E-state index contributed by atoms with van der Waals surface area (Å²) < 4.78 is 20.8. The van der Waals surface area contributed by atoms with Crippen molar-refractivity contribution in [1.82, 2.24) is 14.1 Å². The van der Waals surface area contributed by atoms with Crippen molar-refractivity contribution in [2.75, 3.05) is 6.61 Å². The van der Waals surface area contributed by atoms with E-state index in [-0.39, 0.29) is 42.8 Å². The molecule has 35 heavy (non-hydrogen) atoms. The summed E-state index contributed by atoms with van der Waals surface area (Å²) in [5.74, 6) is -2.12. The van der Waals surface area contributed by atoms with Crippen molar-refractivity contribution < 1.29 is 29.2 Å². The Morgan fingerprint density at radius 3 is 2.31 bits per heavy atom. The lowest BCUT2D eigenvalue weighted by molar-refractivity contribution is 0.0520. The fraction of sp³-hybridized carbons (Fsp3) is 0.240. The number of pyridine rings is 2. The van der Waals surface area contributed by atoms with Crippen LogP contribution in [0.5, 0.6) is 17.5 Å². The first kappa shape index (κ1) is 23.8. The number of fused-ring (bicyclic) bond motifs is 1. The number of carbonyl (C=O) groups is 1. The van der Waals surface area contributed by atoms with Crippen LogP contribution in [0, 0.1) is 5.82 Å². The standard InChI is InChI=1S/C25H24FN3O6/c1-2-35-25(34)21-23(32)22-18(13-16(14-27-22)12-15-4-6-17(26)7-5-15)28(24(21)33)10-3-11-29-19(30)8-9-20(29)31/h4-9,13-14,30-32H,2-3,10-12H2,1H3. The Bertz CT molecular complexity index is 1420. The fourth-order valence-corrected chi connectivity index (χ4v) is 3.95. The highest BCUT2D eigenvalue weighted by molar-refractivity contribution is 5.98. The highest BCUT2D eigenvalue weighted by Crippen LogP contribution is 2.27. The smallest absolute Gasteiger partial charge is 0.347 e. The molecule has 0 unspecified atom stereocenters. The molecule has 0 radical (unpaired) electrons. The molecule has 1 aromatic carbocycles. The normalized spacial score (nSPS) is 11.1. The number of aromatic hydroxyl groups is 3. The molecular weight excluding hydrogens is 457 g/mol. The van der Waals surface area contributed by atoms with Gasteiger partial charge < -0.3 is 24.6 Å². The molecule has 0 atom stereocenters. The average molecular weight is 481 g/mol.